The third-order valence-electron chi connectivity index (χ3n) is 7.63. The van der Waals surface area contributed by atoms with Crippen LogP contribution in [0.1, 0.15) is 61.6 Å². The van der Waals surface area contributed by atoms with Crippen LogP contribution in [0.15, 0.2) is 59.8 Å². The van der Waals surface area contributed by atoms with E-state index in [1.165, 1.54) is 78.7 Å². The average Bonchev–Trinajstić information content (AvgIpc) is 3.32. The summed E-state index contributed by atoms with van der Waals surface area (Å²) in [5.74, 6) is 2.16. The molecule has 1 saturated carbocycles. The Hall–Kier alpha value is -2.33. The average molecular weight is 442 g/mol. The van der Waals surface area contributed by atoms with Crippen molar-refractivity contribution in [2.45, 2.75) is 67.7 Å². The maximum Gasteiger partial charge on any atom is 0.190 e. The standard InChI is InChI=1S/C28H31N3S/c1-3-11-21(12-4-1)20-32-27-29-25-23-14-6-5-13-22(23)19-28(15-7-8-16-28)24(25)26(30-27)31-17-9-2-10-18-31/h1,3-6,11-14H,2,7-10,15-20H2. The van der Waals surface area contributed by atoms with Crippen LogP contribution in [0.5, 0.6) is 0 Å². The Kier molecular flexibility index (Phi) is 5.42. The zero-order valence-electron chi connectivity index (χ0n) is 18.7. The number of hydrogen-bond acceptors (Lipinski definition) is 4. The van der Waals surface area contributed by atoms with Gasteiger partial charge >= 0.3 is 0 Å². The van der Waals surface area contributed by atoms with Gasteiger partial charge in [-0.2, -0.15) is 0 Å². The summed E-state index contributed by atoms with van der Waals surface area (Å²) in [7, 11) is 0. The van der Waals surface area contributed by atoms with Crippen LogP contribution in [0.2, 0.25) is 0 Å². The SMILES string of the molecule is c1ccc(CSc2nc3c(c(N4CCCCC4)n2)C2(CCCC2)Cc2ccccc2-3)cc1. The number of benzene rings is 2. The minimum atomic E-state index is 0.221. The van der Waals surface area contributed by atoms with Crippen LogP contribution in [-0.4, -0.2) is 23.1 Å². The van der Waals surface area contributed by atoms with E-state index in [1.54, 1.807) is 11.8 Å². The number of nitrogens with zero attached hydrogens (tertiary/aromatic N) is 3. The fourth-order valence-corrected chi connectivity index (χ4v) is 6.87. The summed E-state index contributed by atoms with van der Waals surface area (Å²) in [6.45, 7) is 2.26. The van der Waals surface area contributed by atoms with E-state index in [4.69, 9.17) is 9.97 Å². The summed E-state index contributed by atoms with van der Waals surface area (Å²) >= 11 is 1.78. The molecule has 6 rings (SSSR count). The number of rotatable bonds is 4. The number of thioether (sulfide) groups is 1. The predicted octanol–water partition coefficient (Wildman–Crippen LogP) is 6.79. The molecular formula is C28H31N3S. The quantitative estimate of drug-likeness (QED) is 0.329. The molecule has 32 heavy (non-hydrogen) atoms. The van der Waals surface area contributed by atoms with E-state index >= 15 is 0 Å². The maximum absolute atomic E-state index is 5.29. The van der Waals surface area contributed by atoms with Crippen molar-refractivity contribution in [3.05, 3.63) is 71.3 Å². The summed E-state index contributed by atoms with van der Waals surface area (Å²) in [4.78, 5) is 13.2. The molecule has 0 amide bonds. The monoisotopic (exact) mass is 441 g/mol. The van der Waals surface area contributed by atoms with Crippen LogP contribution in [0.3, 0.4) is 0 Å². The highest BCUT2D eigenvalue weighted by Crippen LogP contribution is 2.54. The molecule has 4 heteroatoms. The first-order valence-corrected chi connectivity index (χ1v) is 13.2. The van der Waals surface area contributed by atoms with E-state index in [1.807, 2.05) is 0 Å². The van der Waals surface area contributed by atoms with Gasteiger partial charge < -0.3 is 4.90 Å². The van der Waals surface area contributed by atoms with Crippen molar-refractivity contribution in [1.29, 1.82) is 0 Å². The third kappa shape index (κ3) is 3.63. The molecule has 1 aliphatic heterocycles. The summed E-state index contributed by atoms with van der Waals surface area (Å²) < 4.78 is 0. The molecule has 1 aromatic heterocycles. The van der Waals surface area contributed by atoms with Crippen molar-refractivity contribution in [3.8, 4) is 11.3 Å². The summed E-state index contributed by atoms with van der Waals surface area (Å²) in [6, 6.07) is 19.7. The third-order valence-corrected chi connectivity index (χ3v) is 8.55. The van der Waals surface area contributed by atoms with E-state index in [2.05, 4.69) is 59.5 Å². The van der Waals surface area contributed by atoms with Gasteiger partial charge in [-0.25, -0.2) is 9.97 Å². The lowest BCUT2D eigenvalue weighted by atomic mass is 9.68. The van der Waals surface area contributed by atoms with Crippen LogP contribution >= 0.6 is 11.8 Å². The van der Waals surface area contributed by atoms with Gasteiger partial charge in [0.05, 0.1) is 5.69 Å². The lowest BCUT2D eigenvalue weighted by molar-refractivity contribution is 0.426. The van der Waals surface area contributed by atoms with Crippen molar-refractivity contribution in [3.63, 3.8) is 0 Å². The molecule has 0 N–H and O–H groups in total. The highest BCUT2D eigenvalue weighted by Gasteiger charge is 2.45. The van der Waals surface area contributed by atoms with Gasteiger partial charge in [-0.1, -0.05) is 79.2 Å². The molecular weight excluding hydrogens is 410 g/mol. The zero-order valence-corrected chi connectivity index (χ0v) is 19.5. The van der Waals surface area contributed by atoms with E-state index in [-0.39, 0.29) is 5.41 Å². The van der Waals surface area contributed by atoms with Crippen molar-refractivity contribution in [2.24, 2.45) is 0 Å². The van der Waals surface area contributed by atoms with Crippen LogP contribution in [0.25, 0.3) is 11.3 Å². The Balaban J connectivity index is 1.49. The van der Waals surface area contributed by atoms with E-state index in [9.17, 15) is 0 Å². The molecule has 2 aromatic carbocycles. The Labute approximate surface area is 195 Å². The maximum atomic E-state index is 5.29. The van der Waals surface area contributed by atoms with Gasteiger partial charge in [-0.15, -0.1) is 0 Å². The first-order chi connectivity index (χ1) is 15.8. The highest BCUT2D eigenvalue weighted by molar-refractivity contribution is 7.98. The Morgan fingerprint density at radius 2 is 1.56 bits per heavy atom. The molecule has 2 aliphatic carbocycles. The highest BCUT2D eigenvalue weighted by atomic mass is 32.2. The number of anilines is 1. The molecule has 0 bridgehead atoms. The topological polar surface area (TPSA) is 29.0 Å². The predicted molar refractivity (Wildman–Crippen MR) is 133 cm³/mol. The lowest BCUT2D eigenvalue weighted by Gasteiger charge is -2.40. The lowest BCUT2D eigenvalue weighted by Crippen LogP contribution is -2.37. The zero-order chi connectivity index (χ0) is 21.4. The smallest absolute Gasteiger partial charge is 0.190 e. The minimum absolute atomic E-state index is 0.221. The second-order valence-electron chi connectivity index (χ2n) is 9.70. The molecule has 0 unspecified atom stereocenters. The van der Waals surface area contributed by atoms with Gasteiger partial charge in [0.25, 0.3) is 0 Å². The molecule has 2 heterocycles. The van der Waals surface area contributed by atoms with Crippen molar-refractivity contribution < 1.29 is 0 Å². The largest absolute Gasteiger partial charge is 0.356 e. The van der Waals surface area contributed by atoms with Crippen molar-refractivity contribution >= 4 is 17.6 Å². The van der Waals surface area contributed by atoms with Crippen LogP contribution < -0.4 is 4.90 Å². The minimum Gasteiger partial charge on any atom is -0.356 e. The van der Waals surface area contributed by atoms with E-state index in [0.717, 1.165) is 30.4 Å². The molecule has 1 saturated heterocycles. The summed E-state index contributed by atoms with van der Waals surface area (Å²) in [5.41, 5.74) is 7.05. The molecule has 3 aromatic rings. The fraction of sp³-hybridized carbons (Fsp3) is 0.429. The van der Waals surface area contributed by atoms with Gasteiger partial charge in [0, 0.05) is 35.4 Å². The Bertz CT molecular complexity index is 1100. The van der Waals surface area contributed by atoms with Gasteiger partial charge in [0.1, 0.15) is 5.82 Å². The molecule has 3 nitrogen and oxygen atoms in total. The molecule has 3 aliphatic rings. The normalized spacial score (nSPS) is 19.1. The van der Waals surface area contributed by atoms with Crippen LogP contribution in [-0.2, 0) is 17.6 Å². The molecule has 2 fully saturated rings. The van der Waals surface area contributed by atoms with Gasteiger partial charge in [-0.3, -0.25) is 0 Å². The van der Waals surface area contributed by atoms with Gasteiger partial charge in [0.15, 0.2) is 5.16 Å². The first kappa shape index (κ1) is 20.3. The molecule has 164 valence electrons. The van der Waals surface area contributed by atoms with Gasteiger partial charge in [-0.05, 0) is 49.7 Å². The van der Waals surface area contributed by atoms with E-state index in [0.29, 0.717) is 0 Å². The summed E-state index contributed by atoms with van der Waals surface area (Å²) in [6.07, 6.45) is 10.2. The van der Waals surface area contributed by atoms with E-state index < -0.39 is 0 Å². The second kappa shape index (κ2) is 8.55. The van der Waals surface area contributed by atoms with Crippen molar-refractivity contribution in [1.82, 2.24) is 9.97 Å². The Morgan fingerprint density at radius 3 is 2.38 bits per heavy atom. The fourth-order valence-electron chi connectivity index (χ4n) is 6.07. The second-order valence-corrected chi connectivity index (χ2v) is 10.6. The number of fused-ring (bicyclic) bond motifs is 4. The number of aromatic nitrogens is 2. The number of piperidine rings is 1. The number of hydrogen-bond donors (Lipinski definition) is 0. The van der Waals surface area contributed by atoms with Crippen LogP contribution in [0.4, 0.5) is 5.82 Å². The molecule has 0 radical (unpaired) electrons. The first-order valence-electron chi connectivity index (χ1n) is 12.2. The van der Waals surface area contributed by atoms with Crippen LogP contribution in [0, 0.1) is 0 Å². The summed E-state index contributed by atoms with van der Waals surface area (Å²) in [5, 5.41) is 0.929. The molecule has 0 atom stereocenters. The van der Waals surface area contributed by atoms with Crippen molar-refractivity contribution in [2.75, 3.05) is 18.0 Å². The van der Waals surface area contributed by atoms with Gasteiger partial charge in [0.2, 0.25) is 0 Å². The Morgan fingerprint density at radius 1 is 0.812 bits per heavy atom. The molecule has 1 spiro atoms.